The summed E-state index contributed by atoms with van der Waals surface area (Å²) < 4.78 is 5.38. The van der Waals surface area contributed by atoms with Gasteiger partial charge in [-0.1, -0.05) is 11.6 Å². The van der Waals surface area contributed by atoms with Crippen LogP contribution in [0.5, 0.6) is 0 Å². The third kappa shape index (κ3) is 8.20. The van der Waals surface area contributed by atoms with Crippen LogP contribution in [0.2, 0.25) is 5.02 Å². The Bertz CT molecular complexity index is 741. The van der Waals surface area contributed by atoms with Crippen LogP contribution < -0.4 is 22.3 Å². The van der Waals surface area contributed by atoms with E-state index in [-0.39, 0.29) is 12.7 Å². The van der Waals surface area contributed by atoms with Crippen LogP contribution >= 0.6 is 11.6 Å². The monoisotopic (exact) mass is 420 g/mol. The van der Waals surface area contributed by atoms with Gasteiger partial charge in [0.1, 0.15) is 6.61 Å². The first-order valence-corrected chi connectivity index (χ1v) is 10.1. The van der Waals surface area contributed by atoms with Gasteiger partial charge in [0.15, 0.2) is 0 Å². The molecule has 8 nitrogen and oxygen atoms in total. The standard InChI is InChI=1S/C20H29ClN6O2/c21-17-10-15(12-22)9-16(11-17)14-29-20(28)27-7-4-19(5-8-27)25-6-2-1-3-18(23)13-26-24/h9-11,13,19,25-26H,1-8,14,23-24H2/b18-13-. The van der Waals surface area contributed by atoms with Crippen molar-refractivity contribution < 1.29 is 9.53 Å². The van der Waals surface area contributed by atoms with E-state index < -0.39 is 0 Å². The van der Waals surface area contributed by atoms with Gasteiger partial charge in [0.25, 0.3) is 0 Å². The van der Waals surface area contributed by atoms with Crippen LogP contribution in [0.25, 0.3) is 0 Å². The highest BCUT2D eigenvalue weighted by atomic mass is 35.5. The molecule has 0 aromatic heterocycles. The molecule has 1 aromatic rings. The number of rotatable bonds is 9. The van der Waals surface area contributed by atoms with Crippen molar-refractivity contribution in [2.75, 3.05) is 19.6 Å². The lowest BCUT2D eigenvalue weighted by molar-refractivity contribution is 0.0853. The molecule has 1 amide bonds. The molecular formula is C20H29ClN6O2. The minimum absolute atomic E-state index is 0.101. The number of halogens is 1. The second kappa shape index (κ2) is 12.2. The van der Waals surface area contributed by atoms with Crippen molar-refractivity contribution in [2.24, 2.45) is 11.6 Å². The highest BCUT2D eigenvalue weighted by molar-refractivity contribution is 6.30. The van der Waals surface area contributed by atoms with Crippen LogP contribution in [0, 0.1) is 11.3 Å². The summed E-state index contributed by atoms with van der Waals surface area (Å²) in [4.78, 5) is 14.0. The van der Waals surface area contributed by atoms with E-state index in [1.165, 1.54) is 0 Å². The van der Waals surface area contributed by atoms with Gasteiger partial charge in [0.05, 0.1) is 11.6 Å². The van der Waals surface area contributed by atoms with Crippen molar-refractivity contribution in [1.82, 2.24) is 15.6 Å². The number of nitrogens with zero attached hydrogens (tertiary/aromatic N) is 2. The summed E-state index contributed by atoms with van der Waals surface area (Å²) in [5.74, 6) is 5.18. The maximum absolute atomic E-state index is 12.3. The fourth-order valence-electron chi connectivity index (χ4n) is 3.24. The quantitative estimate of drug-likeness (QED) is 0.274. The summed E-state index contributed by atoms with van der Waals surface area (Å²) in [5, 5.41) is 13.0. The van der Waals surface area contributed by atoms with Gasteiger partial charge in [0, 0.05) is 36.1 Å². The second-order valence-corrected chi connectivity index (χ2v) is 7.51. The molecule has 1 saturated heterocycles. The molecule has 0 unspecified atom stereocenters. The third-order valence-corrected chi connectivity index (χ3v) is 5.01. The number of nitriles is 1. The van der Waals surface area contributed by atoms with E-state index in [2.05, 4.69) is 10.7 Å². The first kappa shape index (κ1) is 22.8. The van der Waals surface area contributed by atoms with Gasteiger partial charge in [-0.3, -0.25) is 5.84 Å². The normalized spacial score (nSPS) is 15.1. The molecule has 1 aliphatic heterocycles. The lowest BCUT2D eigenvalue weighted by atomic mass is 10.1. The topological polar surface area (TPSA) is 129 Å². The highest BCUT2D eigenvalue weighted by Gasteiger charge is 2.23. The van der Waals surface area contributed by atoms with Gasteiger partial charge in [-0.25, -0.2) is 4.79 Å². The van der Waals surface area contributed by atoms with Crippen molar-refractivity contribution in [1.29, 1.82) is 5.26 Å². The van der Waals surface area contributed by atoms with E-state index in [0.717, 1.165) is 44.3 Å². The summed E-state index contributed by atoms with van der Waals surface area (Å²) in [6.45, 7) is 2.35. The van der Waals surface area contributed by atoms with E-state index in [9.17, 15) is 4.79 Å². The Hall–Kier alpha value is -2.47. The molecule has 0 atom stereocenters. The van der Waals surface area contributed by atoms with Gasteiger partial charge < -0.3 is 26.1 Å². The number of likely N-dealkylation sites (tertiary alicyclic amines) is 1. The molecule has 29 heavy (non-hydrogen) atoms. The van der Waals surface area contributed by atoms with Gasteiger partial charge in [-0.15, -0.1) is 0 Å². The van der Waals surface area contributed by atoms with Crippen molar-refractivity contribution in [2.45, 2.75) is 44.8 Å². The summed E-state index contributed by atoms with van der Waals surface area (Å²) in [6.07, 6.45) is 5.91. The Labute approximate surface area is 176 Å². The number of unbranched alkanes of at least 4 members (excludes halogenated alkanes) is 1. The van der Waals surface area contributed by atoms with Gasteiger partial charge >= 0.3 is 6.09 Å². The summed E-state index contributed by atoms with van der Waals surface area (Å²) in [5.41, 5.74) is 10.1. The van der Waals surface area contributed by atoms with Crippen LogP contribution in [-0.2, 0) is 11.3 Å². The molecule has 9 heteroatoms. The largest absolute Gasteiger partial charge is 0.445 e. The molecule has 0 aliphatic carbocycles. The molecule has 1 aromatic carbocycles. The zero-order valence-electron chi connectivity index (χ0n) is 16.5. The van der Waals surface area contributed by atoms with Crippen LogP contribution in [0.1, 0.15) is 43.2 Å². The molecule has 1 fully saturated rings. The van der Waals surface area contributed by atoms with E-state index >= 15 is 0 Å². The first-order valence-electron chi connectivity index (χ1n) is 9.77. The number of nitrogens with one attached hydrogen (secondary N) is 2. The van der Waals surface area contributed by atoms with Crippen molar-refractivity contribution >= 4 is 17.7 Å². The predicted octanol–water partition coefficient (Wildman–Crippen LogP) is 2.34. The Morgan fingerprint density at radius 1 is 1.34 bits per heavy atom. The predicted molar refractivity (Wildman–Crippen MR) is 112 cm³/mol. The number of hydrazine groups is 1. The van der Waals surface area contributed by atoms with E-state index in [1.807, 2.05) is 6.07 Å². The molecular weight excluding hydrogens is 392 g/mol. The molecule has 1 heterocycles. The Kier molecular flexibility index (Phi) is 9.57. The van der Waals surface area contributed by atoms with Crippen molar-refractivity contribution in [3.8, 4) is 6.07 Å². The van der Waals surface area contributed by atoms with E-state index in [4.69, 9.17) is 33.2 Å². The third-order valence-electron chi connectivity index (χ3n) is 4.80. The van der Waals surface area contributed by atoms with E-state index in [1.54, 1.807) is 29.3 Å². The Morgan fingerprint density at radius 2 is 2.10 bits per heavy atom. The minimum atomic E-state index is -0.335. The number of carbonyl (C=O) groups is 1. The number of piperidine rings is 1. The zero-order valence-corrected chi connectivity index (χ0v) is 17.3. The van der Waals surface area contributed by atoms with E-state index in [0.29, 0.717) is 35.3 Å². The fourth-order valence-corrected chi connectivity index (χ4v) is 3.50. The van der Waals surface area contributed by atoms with Crippen molar-refractivity contribution in [3.63, 3.8) is 0 Å². The average Bonchev–Trinajstić information content (AvgIpc) is 2.72. The molecule has 0 bridgehead atoms. The smallest absolute Gasteiger partial charge is 0.410 e. The second-order valence-electron chi connectivity index (χ2n) is 7.07. The summed E-state index contributed by atoms with van der Waals surface area (Å²) in [7, 11) is 0. The zero-order chi connectivity index (χ0) is 21.1. The average molecular weight is 421 g/mol. The summed E-state index contributed by atoms with van der Waals surface area (Å²) in [6, 6.07) is 7.39. The maximum atomic E-state index is 12.3. The van der Waals surface area contributed by atoms with Gasteiger partial charge in [-0.2, -0.15) is 5.26 Å². The number of hydrogen-bond donors (Lipinski definition) is 4. The number of ether oxygens (including phenoxy) is 1. The summed E-state index contributed by atoms with van der Waals surface area (Å²) >= 11 is 5.97. The number of hydrogen-bond acceptors (Lipinski definition) is 7. The fraction of sp³-hybridized carbons (Fsp3) is 0.500. The lowest BCUT2D eigenvalue weighted by Crippen LogP contribution is -2.45. The van der Waals surface area contributed by atoms with Gasteiger partial charge in [-0.05, 0) is 62.4 Å². The number of allylic oxidation sites excluding steroid dienone is 1. The van der Waals surface area contributed by atoms with Crippen LogP contribution in [-0.4, -0.2) is 36.7 Å². The Balaban J connectivity index is 1.63. The molecule has 0 radical (unpaired) electrons. The molecule has 0 spiro atoms. The molecule has 2 rings (SSSR count). The van der Waals surface area contributed by atoms with Crippen LogP contribution in [0.4, 0.5) is 4.79 Å². The molecule has 0 saturated carbocycles. The molecule has 158 valence electrons. The Morgan fingerprint density at radius 3 is 2.79 bits per heavy atom. The lowest BCUT2D eigenvalue weighted by Gasteiger charge is -2.31. The molecule has 6 N–H and O–H groups in total. The number of nitrogens with two attached hydrogens (primary N) is 2. The van der Waals surface area contributed by atoms with Crippen LogP contribution in [0.3, 0.4) is 0 Å². The van der Waals surface area contributed by atoms with Gasteiger partial charge in [0.2, 0.25) is 0 Å². The van der Waals surface area contributed by atoms with Crippen LogP contribution in [0.15, 0.2) is 30.1 Å². The number of amides is 1. The number of benzene rings is 1. The minimum Gasteiger partial charge on any atom is -0.445 e. The highest BCUT2D eigenvalue weighted by Crippen LogP contribution is 2.17. The first-order chi connectivity index (χ1) is 14.0. The van der Waals surface area contributed by atoms with Crippen molar-refractivity contribution in [3.05, 3.63) is 46.2 Å². The molecule has 1 aliphatic rings. The SMILES string of the molecule is N#Cc1cc(Cl)cc(COC(=O)N2CCC(NCCCC/C(N)=C/NN)CC2)c1. The maximum Gasteiger partial charge on any atom is 0.410 e. The number of carbonyl (C=O) groups excluding carboxylic acids is 1.